The first-order valence-corrected chi connectivity index (χ1v) is 29.0. The van der Waals surface area contributed by atoms with Crippen molar-refractivity contribution in [3.05, 3.63) is 36.5 Å². The number of unbranched alkanes of at least 4 members (excludes halogenated alkanes) is 16. The summed E-state index contributed by atoms with van der Waals surface area (Å²) < 4.78 is 12.3. The van der Waals surface area contributed by atoms with Gasteiger partial charge in [0.15, 0.2) is 0 Å². The number of allylic oxidation sites excluding steroid dienone is 4. The van der Waals surface area contributed by atoms with Crippen molar-refractivity contribution < 1.29 is 19.1 Å². The van der Waals surface area contributed by atoms with E-state index in [1.807, 2.05) is 14.0 Å². The predicted octanol–water partition coefficient (Wildman–Crippen LogP) is 18.8. The van der Waals surface area contributed by atoms with E-state index < -0.39 is 0 Å². The molecule has 0 heterocycles. The number of hydrogen-bond donors (Lipinski definition) is 1. The second-order valence-electron chi connectivity index (χ2n) is 21.2. The van der Waals surface area contributed by atoms with Crippen molar-refractivity contribution in [2.75, 3.05) is 20.2 Å². The van der Waals surface area contributed by atoms with Crippen molar-refractivity contribution in [1.29, 1.82) is 0 Å². The van der Waals surface area contributed by atoms with Crippen molar-refractivity contribution in [3.63, 3.8) is 0 Å². The monoisotopic (exact) mass is 926 g/mol. The molecule has 6 unspecified atom stereocenters. The molecule has 0 aromatic heterocycles. The van der Waals surface area contributed by atoms with Crippen molar-refractivity contribution in [2.24, 2.45) is 35.5 Å². The van der Waals surface area contributed by atoms with Crippen LogP contribution in [0.1, 0.15) is 280 Å². The van der Waals surface area contributed by atoms with Crippen LogP contribution in [-0.2, 0) is 19.1 Å². The first kappa shape index (κ1) is 64.1. The Kier molecular flexibility index (Phi) is 44.3. The van der Waals surface area contributed by atoms with Crippen molar-refractivity contribution in [3.8, 4) is 0 Å². The van der Waals surface area contributed by atoms with Crippen LogP contribution in [0.25, 0.3) is 0 Å². The minimum atomic E-state index is -0.131. The van der Waals surface area contributed by atoms with Gasteiger partial charge in [0.2, 0.25) is 0 Å². The molecule has 0 amide bonds. The lowest BCUT2D eigenvalue weighted by Crippen LogP contribution is -2.27. The number of ether oxygens (including phenoxy) is 2. The summed E-state index contributed by atoms with van der Waals surface area (Å²) in [7, 11) is 1.91. The number of rotatable bonds is 44. The fourth-order valence-corrected chi connectivity index (χ4v) is 10.0. The third-order valence-corrected chi connectivity index (χ3v) is 14.7. The average Bonchev–Trinajstić information content (AvgIpc) is 3.67. The summed E-state index contributed by atoms with van der Waals surface area (Å²) in [5.74, 6) is 2.26. The molecule has 0 aromatic carbocycles. The quantitative estimate of drug-likeness (QED) is 0.0375. The fraction of sp³-hybridized carbons (Fsp3) is 0.869. The summed E-state index contributed by atoms with van der Waals surface area (Å²) in [5.41, 5.74) is 2.81. The molecule has 5 heteroatoms. The third-order valence-electron chi connectivity index (χ3n) is 14.7. The van der Waals surface area contributed by atoms with Gasteiger partial charge in [-0.15, -0.1) is 0 Å². The van der Waals surface area contributed by atoms with Gasteiger partial charge in [-0.2, -0.15) is 0 Å². The standard InChI is InChI=1S/C57H105NO4.C4H10/c1-10-14-18-21-23-28-34-51(33-27-20-16-12-3)48(7)39-40-50(44-49(8)52(35-29-24-22-19-15-11-2)36-30-25-26-32-47(5)6)46-61-57(60)45-53-41-42-55(54(53)37-17-13-4)62-56(59)38-31-43-58-9;1-3-4-2/h13,17,47,50-55,58H,7-8,10-12,14-16,18-46H2,1-6,9H3;3-4H2,1-2H3/b17-13-;. The molecule has 0 spiro atoms. The molecule has 0 saturated heterocycles. The van der Waals surface area contributed by atoms with Gasteiger partial charge in [0.25, 0.3) is 0 Å². The summed E-state index contributed by atoms with van der Waals surface area (Å²) in [6.07, 6.45) is 45.2. The van der Waals surface area contributed by atoms with Gasteiger partial charge in [-0.05, 0) is 121 Å². The highest BCUT2D eigenvalue weighted by Gasteiger charge is 2.39. The van der Waals surface area contributed by atoms with Crippen LogP contribution in [0.4, 0.5) is 0 Å². The Morgan fingerprint density at radius 2 is 1.11 bits per heavy atom. The Labute approximate surface area is 413 Å². The maximum atomic E-state index is 13.8. The molecule has 0 radical (unpaired) electrons. The van der Waals surface area contributed by atoms with Gasteiger partial charge in [-0.3, -0.25) is 9.59 Å². The molecule has 1 rings (SSSR count). The maximum absolute atomic E-state index is 13.8. The molecule has 0 bridgehead atoms. The molecule has 0 aliphatic heterocycles. The largest absolute Gasteiger partial charge is 0.465 e. The number of carbonyl (C=O) groups is 2. The normalized spacial score (nSPS) is 17.4. The number of nitrogens with one attached hydrogen (secondary N) is 1. The Balaban J connectivity index is 0.0000101. The molecule has 1 aliphatic rings. The van der Waals surface area contributed by atoms with Crippen LogP contribution in [0.3, 0.4) is 0 Å². The van der Waals surface area contributed by atoms with Crippen LogP contribution in [-0.4, -0.2) is 38.2 Å². The van der Waals surface area contributed by atoms with Crippen LogP contribution in [0.5, 0.6) is 0 Å². The highest BCUT2D eigenvalue weighted by atomic mass is 16.5. The van der Waals surface area contributed by atoms with E-state index >= 15 is 0 Å². The summed E-state index contributed by atoms with van der Waals surface area (Å²) in [4.78, 5) is 26.5. The van der Waals surface area contributed by atoms with Crippen molar-refractivity contribution in [1.82, 2.24) is 5.32 Å². The van der Waals surface area contributed by atoms with Gasteiger partial charge in [-0.25, -0.2) is 0 Å². The molecule has 6 atom stereocenters. The first-order valence-electron chi connectivity index (χ1n) is 29.0. The number of carbonyl (C=O) groups excluding carboxylic acids is 2. The van der Waals surface area contributed by atoms with Gasteiger partial charge in [0.1, 0.15) is 6.10 Å². The van der Waals surface area contributed by atoms with E-state index in [1.165, 1.54) is 178 Å². The Bertz CT molecular complexity index is 1170. The Hall–Kier alpha value is -1.88. The first-order chi connectivity index (χ1) is 32.0. The zero-order chi connectivity index (χ0) is 49.0. The SMILES string of the molecule is C=C(CCC(COC(=O)CC1CCC(OC(=O)CCCNC)C1C/C=C\C)CC(=C)C(CCCCCCCC)CCCCCC(C)C)C(CCCCCC)CCCCCCCC.CCCC. The third kappa shape index (κ3) is 35.3. The van der Waals surface area contributed by atoms with Gasteiger partial charge in [0, 0.05) is 18.8 Å². The van der Waals surface area contributed by atoms with Crippen LogP contribution < -0.4 is 5.32 Å². The van der Waals surface area contributed by atoms with Gasteiger partial charge < -0.3 is 14.8 Å². The molecule has 1 fully saturated rings. The Morgan fingerprint density at radius 1 is 0.606 bits per heavy atom. The lowest BCUT2D eigenvalue weighted by Gasteiger charge is -2.27. The predicted molar refractivity (Wildman–Crippen MR) is 290 cm³/mol. The lowest BCUT2D eigenvalue weighted by molar-refractivity contribution is -0.151. The van der Waals surface area contributed by atoms with Crippen LogP contribution in [0.15, 0.2) is 36.5 Å². The number of esters is 2. The van der Waals surface area contributed by atoms with Crippen LogP contribution in [0, 0.1) is 35.5 Å². The molecular formula is C61H115NO4. The highest BCUT2D eigenvalue weighted by Crippen LogP contribution is 2.40. The van der Waals surface area contributed by atoms with E-state index in [0.29, 0.717) is 31.3 Å². The fourth-order valence-electron chi connectivity index (χ4n) is 10.0. The smallest absolute Gasteiger partial charge is 0.306 e. The summed E-state index contributed by atoms with van der Waals surface area (Å²) in [6, 6.07) is 0. The summed E-state index contributed by atoms with van der Waals surface area (Å²) in [6.45, 7) is 28.8. The molecule has 1 saturated carbocycles. The van der Waals surface area contributed by atoms with Gasteiger partial charge in [0.05, 0.1) is 6.61 Å². The molecule has 5 nitrogen and oxygen atoms in total. The lowest BCUT2D eigenvalue weighted by atomic mass is 9.81. The van der Waals surface area contributed by atoms with E-state index in [2.05, 4.69) is 65.9 Å². The Morgan fingerprint density at radius 3 is 1.62 bits per heavy atom. The second kappa shape index (κ2) is 45.6. The van der Waals surface area contributed by atoms with Crippen molar-refractivity contribution in [2.45, 2.75) is 286 Å². The van der Waals surface area contributed by atoms with E-state index in [4.69, 9.17) is 22.6 Å². The van der Waals surface area contributed by atoms with Gasteiger partial charge >= 0.3 is 11.9 Å². The van der Waals surface area contributed by atoms with Crippen LogP contribution in [0.2, 0.25) is 0 Å². The number of hydrogen-bond acceptors (Lipinski definition) is 5. The van der Waals surface area contributed by atoms with Crippen LogP contribution >= 0.6 is 0 Å². The second-order valence-corrected chi connectivity index (χ2v) is 21.2. The summed E-state index contributed by atoms with van der Waals surface area (Å²) >= 11 is 0. The molecule has 0 aromatic rings. The minimum Gasteiger partial charge on any atom is -0.465 e. The minimum absolute atomic E-state index is 0.0958. The van der Waals surface area contributed by atoms with Crippen molar-refractivity contribution >= 4 is 11.9 Å². The molecular weight excluding hydrogens is 811 g/mol. The topological polar surface area (TPSA) is 64.6 Å². The van der Waals surface area contributed by atoms with E-state index in [-0.39, 0.29) is 35.8 Å². The van der Waals surface area contributed by atoms with E-state index in [0.717, 1.165) is 57.4 Å². The molecule has 1 aliphatic carbocycles. The van der Waals surface area contributed by atoms with Gasteiger partial charge in [-0.1, -0.05) is 226 Å². The van der Waals surface area contributed by atoms with E-state index in [9.17, 15) is 9.59 Å². The zero-order valence-corrected chi connectivity index (χ0v) is 45.9. The molecule has 66 heavy (non-hydrogen) atoms. The summed E-state index contributed by atoms with van der Waals surface area (Å²) in [5, 5.41) is 3.11. The molecule has 1 N–H and O–H groups in total. The van der Waals surface area contributed by atoms with E-state index in [1.54, 1.807) is 0 Å². The average molecular weight is 927 g/mol. The zero-order valence-electron chi connectivity index (χ0n) is 45.9. The maximum Gasteiger partial charge on any atom is 0.306 e. The molecule has 388 valence electrons. The highest BCUT2D eigenvalue weighted by molar-refractivity contribution is 5.70.